The highest BCUT2D eigenvalue weighted by Crippen LogP contribution is 2.56. The lowest BCUT2D eigenvalue weighted by Crippen LogP contribution is -2.59. The minimum Gasteiger partial charge on any atom is -0.497 e. The molecule has 0 radical (unpaired) electrons. The summed E-state index contributed by atoms with van der Waals surface area (Å²) >= 11 is 0. The summed E-state index contributed by atoms with van der Waals surface area (Å²) in [5, 5.41) is 12.1. The molecule has 0 spiro atoms. The monoisotopic (exact) mass is 595 g/mol. The number of nitrogens with zero attached hydrogens (tertiary/aromatic N) is 3. The normalized spacial score (nSPS) is 32.9. The number of hydrogen-bond acceptors (Lipinski definition) is 6. The van der Waals surface area contributed by atoms with E-state index in [2.05, 4.69) is 52.7 Å². The van der Waals surface area contributed by atoms with E-state index in [0.29, 0.717) is 17.3 Å². The van der Waals surface area contributed by atoms with E-state index in [0.717, 1.165) is 59.4 Å². The zero-order valence-electron chi connectivity index (χ0n) is 26.8. The van der Waals surface area contributed by atoms with Gasteiger partial charge in [0, 0.05) is 35.6 Å². The van der Waals surface area contributed by atoms with E-state index >= 15 is 0 Å². The van der Waals surface area contributed by atoms with Crippen molar-refractivity contribution in [2.45, 2.75) is 75.0 Å². The van der Waals surface area contributed by atoms with Crippen molar-refractivity contribution in [1.82, 2.24) is 14.8 Å². The van der Waals surface area contributed by atoms with E-state index in [9.17, 15) is 5.11 Å². The Kier molecular flexibility index (Phi) is 8.19. The van der Waals surface area contributed by atoms with E-state index in [1.54, 1.807) is 31.5 Å². The molecule has 5 heterocycles. The molecule has 4 bridgehead atoms. The minimum absolute atomic E-state index is 0.178. The van der Waals surface area contributed by atoms with Gasteiger partial charge in [-0.2, -0.15) is 0 Å². The van der Waals surface area contributed by atoms with Gasteiger partial charge in [-0.05, 0) is 130 Å². The summed E-state index contributed by atoms with van der Waals surface area (Å²) in [6.07, 6.45) is 13.8. The number of pyridine rings is 1. The molecular formula is C38H49N3O3. The van der Waals surface area contributed by atoms with E-state index < -0.39 is 6.10 Å². The van der Waals surface area contributed by atoms with Crippen molar-refractivity contribution in [3.05, 3.63) is 78.0 Å². The molecule has 234 valence electrons. The third kappa shape index (κ3) is 5.03. The van der Waals surface area contributed by atoms with Crippen LogP contribution in [0.3, 0.4) is 0 Å². The molecule has 1 saturated carbocycles. The van der Waals surface area contributed by atoms with Crippen molar-refractivity contribution in [2.75, 3.05) is 40.9 Å². The molecule has 8 atom stereocenters. The van der Waals surface area contributed by atoms with E-state index in [1.807, 2.05) is 24.3 Å². The zero-order valence-corrected chi connectivity index (χ0v) is 26.8. The summed E-state index contributed by atoms with van der Waals surface area (Å²) < 4.78 is 10.9. The van der Waals surface area contributed by atoms with Gasteiger partial charge < -0.3 is 19.5 Å². The predicted molar refractivity (Wildman–Crippen MR) is 176 cm³/mol. The van der Waals surface area contributed by atoms with Gasteiger partial charge in [0.25, 0.3) is 0 Å². The number of likely N-dealkylation sites (N-methyl/N-ethyl adjacent to an activating group) is 1. The molecule has 6 heteroatoms. The predicted octanol–water partition coefficient (Wildman–Crippen LogP) is 6.56. The lowest BCUT2D eigenvalue weighted by Gasteiger charge is -2.58. The van der Waals surface area contributed by atoms with Crippen LogP contribution in [0.15, 0.2) is 61.3 Å². The Bertz CT molecular complexity index is 1510. The number of fused-ring (bicyclic) bond motifs is 5. The first-order valence-electron chi connectivity index (χ1n) is 16.8. The number of hydrogen-bond donors (Lipinski definition) is 1. The Balaban J connectivity index is 0.000000144. The highest BCUT2D eigenvalue weighted by molar-refractivity contribution is 5.84. The molecule has 6 nitrogen and oxygen atoms in total. The highest BCUT2D eigenvalue weighted by atomic mass is 16.5. The number of aliphatic hydroxyl groups excluding tert-OH is 1. The fourth-order valence-corrected chi connectivity index (χ4v) is 9.75. The molecule has 9 rings (SSSR count). The van der Waals surface area contributed by atoms with Crippen LogP contribution in [-0.2, 0) is 11.8 Å². The van der Waals surface area contributed by atoms with Crippen molar-refractivity contribution in [3.8, 4) is 11.5 Å². The Morgan fingerprint density at radius 1 is 1.02 bits per heavy atom. The van der Waals surface area contributed by atoms with Crippen LogP contribution in [-0.4, -0.2) is 72.9 Å². The van der Waals surface area contributed by atoms with Crippen LogP contribution in [0.1, 0.15) is 67.7 Å². The summed E-state index contributed by atoms with van der Waals surface area (Å²) in [7, 11) is 5.78. The number of aliphatic hydroxyl groups is 1. The third-order valence-electron chi connectivity index (χ3n) is 12.1. The molecule has 1 aromatic heterocycles. The van der Waals surface area contributed by atoms with Gasteiger partial charge in [0.1, 0.15) is 11.5 Å². The number of benzene rings is 2. The number of methoxy groups -OCH3 is 2. The Morgan fingerprint density at radius 2 is 1.84 bits per heavy atom. The quantitative estimate of drug-likeness (QED) is 0.338. The van der Waals surface area contributed by atoms with Gasteiger partial charge >= 0.3 is 0 Å². The second-order valence-corrected chi connectivity index (χ2v) is 14.0. The number of rotatable bonds is 5. The van der Waals surface area contributed by atoms with Crippen molar-refractivity contribution in [2.24, 2.45) is 17.8 Å². The van der Waals surface area contributed by atoms with Crippen molar-refractivity contribution in [3.63, 3.8) is 0 Å². The Hall–Kier alpha value is -2.93. The van der Waals surface area contributed by atoms with Gasteiger partial charge in [-0.15, -0.1) is 6.58 Å². The molecule has 4 aliphatic heterocycles. The summed E-state index contributed by atoms with van der Waals surface area (Å²) in [5.74, 6) is 3.92. The topological polar surface area (TPSA) is 58.1 Å². The van der Waals surface area contributed by atoms with Crippen molar-refractivity contribution >= 4 is 10.9 Å². The van der Waals surface area contributed by atoms with Gasteiger partial charge in [-0.3, -0.25) is 9.88 Å². The standard InChI is InChI=1S/C20H24N2O2.C18H25NO/c1-3-13-12-22-9-7-14(13)10-19(22)20(23)16-6-8-21-18-5-4-15(24-2)11-17(16)18;1-19-10-9-18-8-4-3-5-15(18)17(19)11-13-6-7-14(20-2)12-16(13)18/h3-6,8,11,13-14,19-20,23H,1,7,9-10,12H2,2H3;6-7,12,15,17H,3-5,8-11H2,1-2H3/t13?,14?,19?,20-;15-,17+,18+/m01/s1. The summed E-state index contributed by atoms with van der Waals surface area (Å²) in [5.41, 5.74) is 5.52. The number of likely N-dealkylation sites (tertiary alicyclic amines) is 1. The molecule has 5 fully saturated rings. The number of aromatic nitrogens is 1. The minimum atomic E-state index is -0.504. The van der Waals surface area contributed by atoms with Crippen LogP contribution in [0.2, 0.25) is 0 Å². The van der Waals surface area contributed by atoms with Gasteiger partial charge in [0.2, 0.25) is 0 Å². The van der Waals surface area contributed by atoms with Crippen molar-refractivity contribution < 1.29 is 14.6 Å². The summed E-state index contributed by atoms with van der Waals surface area (Å²) in [6.45, 7) is 7.33. The number of piperidine rings is 4. The molecule has 6 aliphatic rings. The number of ether oxygens (including phenoxy) is 2. The largest absolute Gasteiger partial charge is 0.497 e. The third-order valence-corrected chi connectivity index (χ3v) is 12.1. The van der Waals surface area contributed by atoms with Crippen LogP contribution < -0.4 is 9.47 Å². The van der Waals surface area contributed by atoms with Gasteiger partial charge in [0.15, 0.2) is 0 Å². The maximum atomic E-state index is 11.2. The molecule has 4 saturated heterocycles. The summed E-state index contributed by atoms with van der Waals surface area (Å²) in [4.78, 5) is 9.48. The molecule has 1 N–H and O–H groups in total. The van der Waals surface area contributed by atoms with Crippen LogP contribution in [0.5, 0.6) is 11.5 Å². The van der Waals surface area contributed by atoms with Gasteiger partial charge in [-0.1, -0.05) is 25.0 Å². The lowest BCUT2D eigenvalue weighted by atomic mass is 9.52. The van der Waals surface area contributed by atoms with Gasteiger partial charge in [-0.25, -0.2) is 0 Å². The molecule has 44 heavy (non-hydrogen) atoms. The van der Waals surface area contributed by atoms with E-state index in [1.165, 1.54) is 51.5 Å². The first-order valence-corrected chi connectivity index (χ1v) is 16.8. The van der Waals surface area contributed by atoms with Gasteiger partial charge in [0.05, 0.1) is 25.8 Å². The molecule has 2 aromatic carbocycles. The first-order chi connectivity index (χ1) is 21.5. The molecule has 0 amide bonds. The smallest absolute Gasteiger partial charge is 0.119 e. The molecular weight excluding hydrogens is 546 g/mol. The SMILES string of the molecule is C=CC1CN2CCC1CC2[C@@H](O)c1ccnc2ccc(OC)cc12.COc1ccc2c(c1)[C@]13CCCC[C@@H]1[C@H](C2)N(C)CC3. The molecule has 2 aliphatic carbocycles. The molecule has 4 unspecified atom stereocenters. The van der Waals surface area contributed by atoms with E-state index in [-0.39, 0.29) is 6.04 Å². The second-order valence-electron chi connectivity index (χ2n) is 14.0. The Morgan fingerprint density at radius 3 is 2.61 bits per heavy atom. The van der Waals surface area contributed by atoms with Crippen LogP contribution >= 0.6 is 0 Å². The second kappa shape index (κ2) is 12.1. The average molecular weight is 596 g/mol. The van der Waals surface area contributed by atoms with E-state index in [4.69, 9.17) is 9.47 Å². The maximum Gasteiger partial charge on any atom is 0.119 e. The van der Waals surface area contributed by atoms with Crippen LogP contribution in [0.25, 0.3) is 10.9 Å². The van der Waals surface area contributed by atoms with Crippen LogP contribution in [0.4, 0.5) is 0 Å². The molecule has 3 aromatic rings. The fraction of sp³-hybridized carbons (Fsp3) is 0.553. The Labute approximate surface area is 263 Å². The van der Waals surface area contributed by atoms with Crippen LogP contribution in [0, 0.1) is 17.8 Å². The highest BCUT2D eigenvalue weighted by Gasteiger charge is 2.53. The fourth-order valence-electron chi connectivity index (χ4n) is 9.75. The first kappa shape index (κ1) is 29.8. The van der Waals surface area contributed by atoms with Crippen molar-refractivity contribution in [1.29, 1.82) is 0 Å². The summed E-state index contributed by atoms with van der Waals surface area (Å²) in [6, 6.07) is 15.6. The maximum absolute atomic E-state index is 11.2. The lowest BCUT2D eigenvalue weighted by molar-refractivity contribution is -0.0444. The average Bonchev–Trinajstić information content (AvgIpc) is 3.09. The zero-order chi connectivity index (χ0) is 30.4.